The van der Waals surface area contributed by atoms with Crippen LogP contribution < -0.4 is 25.9 Å². The number of nitrogens with one attached hydrogen (secondary N) is 1. The van der Waals surface area contributed by atoms with Crippen molar-refractivity contribution < 1.29 is 39.6 Å². The van der Waals surface area contributed by atoms with Crippen LogP contribution in [0.1, 0.15) is 0 Å². The number of benzene rings is 4. The molecule has 4 rings (SSSR count). The maximum absolute atomic E-state index is 11.4. The average molecular weight is 586 g/mol. The number of amides is 1. The SMILES string of the molecule is O=C(NS(=O)(=O)C(F)(F)F)C(F)(F)F.c1ccc([PH](c2ccccc2)(c2ccccc2)c2ccccc2)cc1. The van der Waals surface area contributed by atoms with Crippen molar-refractivity contribution in [2.45, 2.75) is 11.7 Å². The molecular weight excluding hydrogens is 563 g/mol. The average Bonchev–Trinajstić information content (AvgIpc) is 2.91. The molecule has 0 saturated carbocycles. The minimum absolute atomic E-state index is 0.181. The molecule has 206 valence electrons. The molecule has 4 aromatic rings. The molecule has 4 aromatic carbocycles. The summed E-state index contributed by atoms with van der Waals surface area (Å²) in [7, 11) is -8.60. The number of alkyl halides is 6. The van der Waals surface area contributed by atoms with Crippen molar-refractivity contribution >= 4 is 44.4 Å². The second-order valence-electron chi connectivity index (χ2n) is 8.09. The number of sulfonamides is 1. The van der Waals surface area contributed by atoms with E-state index in [1.54, 1.807) is 0 Å². The molecule has 0 aromatic heterocycles. The summed E-state index contributed by atoms with van der Waals surface area (Å²) in [4.78, 5) is 9.81. The molecule has 0 radical (unpaired) electrons. The first-order chi connectivity index (χ1) is 18.3. The quantitative estimate of drug-likeness (QED) is 0.276. The molecule has 12 heteroatoms. The Morgan fingerprint density at radius 2 is 0.795 bits per heavy atom. The van der Waals surface area contributed by atoms with Gasteiger partial charge < -0.3 is 0 Å². The minimum atomic E-state index is -6.30. The van der Waals surface area contributed by atoms with Gasteiger partial charge in [-0.1, -0.05) is 0 Å². The molecule has 1 N–H and O–H groups in total. The first kappa shape index (κ1) is 29.9. The van der Waals surface area contributed by atoms with Crippen LogP contribution in [0.5, 0.6) is 0 Å². The molecule has 0 aliphatic rings. The Hall–Kier alpha value is -3.69. The summed E-state index contributed by atoms with van der Waals surface area (Å²) in [6.07, 6.45) is -5.70. The van der Waals surface area contributed by atoms with Crippen molar-refractivity contribution in [2.24, 2.45) is 0 Å². The summed E-state index contributed by atoms with van der Waals surface area (Å²) in [6.45, 7) is 0. The molecule has 0 heterocycles. The van der Waals surface area contributed by atoms with Crippen molar-refractivity contribution in [1.82, 2.24) is 4.72 Å². The number of hydrogen-bond acceptors (Lipinski definition) is 3. The number of hydrogen-bond donors (Lipinski definition) is 1. The molecule has 0 bridgehead atoms. The number of carbonyl (C=O) groups excluding carboxylic acids is 1. The standard InChI is InChI=1S/C24H21P.C3HF6NO3S/c1-5-13-21(14-6-1)25(22-15-7-2-8-16-22,23-17-9-3-10-18-23)24-19-11-4-12-20-24;4-2(5,6)1(11)10-14(12,13)3(7,8)9/h1-20,25H;(H,10,11). The number of rotatable bonds is 5. The summed E-state index contributed by atoms with van der Waals surface area (Å²) in [5.41, 5.74) is -5.96. The summed E-state index contributed by atoms with van der Waals surface area (Å²) in [5.74, 6) is -3.20. The molecule has 39 heavy (non-hydrogen) atoms. The monoisotopic (exact) mass is 585 g/mol. The van der Waals surface area contributed by atoms with Crippen molar-refractivity contribution in [1.29, 1.82) is 0 Å². The molecule has 1 amide bonds. The summed E-state index contributed by atoms with van der Waals surface area (Å²) in [5, 5.41) is 5.66. The summed E-state index contributed by atoms with van der Waals surface area (Å²) < 4.78 is 87.9. The molecule has 0 fully saturated rings. The Balaban J connectivity index is 0.000000258. The van der Waals surface area contributed by atoms with Gasteiger partial charge in [-0.25, -0.2) is 4.72 Å². The van der Waals surface area contributed by atoms with Gasteiger partial charge in [0, 0.05) is 0 Å². The fourth-order valence-electron chi connectivity index (χ4n) is 3.99. The van der Waals surface area contributed by atoms with Crippen molar-refractivity contribution in [3.8, 4) is 0 Å². The van der Waals surface area contributed by atoms with Gasteiger partial charge in [0.1, 0.15) is 0 Å². The summed E-state index contributed by atoms with van der Waals surface area (Å²) in [6, 6.07) is 44.0. The third-order valence-electron chi connectivity index (χ3n) is 5.62. The van der Waals surface area contributed by atoms with Crippen LogP contribution in [0.4, 0.5) is 26.3 Å². The van der Waals surface area contributed by atoms with Crippen LogP contribution in [0.25, 0.3) is 0 Å². The fourth-order valence-corrected chi connectivity index (χ4v) is 9.24. The topological polar surface area (TPSA) is 63.2 Å². The Labute approximate surface area is 221 Å². The predicted molar refractivity (Wildman–Crippen MR) is 142 cm³/mol. The Bertz CT molecular complexity index is 1300. The predicted octanol–water partition coefficient (Wildman–Crippen LogP) is 4.55. The van der Waals surface area contributed by atoms with Crippen molar-refractivity contribution in [3.63, 3.8) is 0 Å². The Morgan fingerprint density at radius 3 is 1.00 bits per heavy atom. The Morgan fingerprint density at radius 1 is 0.538 bits per heavy atom. The van der Waals surface area contributed by atoms with Gasteiger partial charge in [0.15, 0.2) is 0 Å². The van der Waals surface area contributed by atoms with Gasteiger partial charge in [-0.2, -0.15) is 34.8 Å². The van der Waals surface area contributed by atoms with E-state index in [2.05, 4.69) is 121 Å². The molecule has 0 saturated heterocycles. The molecule has 0 atom stereocenters. The van der Waals surface area contributed by atoms with Crippen LogP contribution in [0, 0.1) is 0 Å². The maximum atomic E-state index is 11.4. The van der Waals surface area contributed by atoms with Crippen LogP contribution in [0.2, 0.25) is 0 Å². The van der Waals surface area contributed by atoms with E-state index in [9.17, 15) is 39.6 Å². The van der Waals surface area contributed by atoms with Crippen LogP contribution >= 0.6 is 7.26 Å². The first-order valence-electron chi connectivity index (χ1n) is 11.2. The number of halogens is 6. The second kappa shape index (κ2) is 12.0. The van der Waals surface area contributed by atoms with Gasteiger partial charge >= 0.3 is 177 Å². The fraction of sp³-hybridized carbons (Fsp3) is 0.0741. The van der Waals surface area contributed by atoms with E-state index in [0.717, 1.165) is 0 Å². The van der Waals surface area contributed by atoms with E-state index in [1.807, 2.05) is 0 Å². The van der Waals surface area contributed by atoms with E-state index in [1.165, 1.54) is 21.2 Å². The van der Waals surface area contributed by atoms with Gasteiger partial charge in [-0.05, 0) is 0 Å². The van der Waals surface area contributed by atoms with Gasteiger partial charge in [-0.3, -0.25) is 4.79 Å². The van der Waals surface area contributed by atoms with E-state index < -0.39 is 34.9 Å². The van der Waals surface area contributed by atoms with Crippen LogP contribution in [-0.2, 0) is 14.8 Å². The summed E-state index contributed by atoms with van der Waals surface area (Å²) >= 11 is 0. The Kier molecular flexibility index (Phi) is 9.19. The van der Waals surface area contributed by atoms with E-state index >= 15 is 0 Å². The normalized spacial score (nSPS) is 12.6. The third-order valence-corrected chi connectivity index (χ3v) is 11.5. The zero-order chi connectivity index (χ0) is 28.7. The van der Waals surface area contributed by atoms with Gasteiger partial charge in [0.2, 0.25) is 0 Å². The van der Waals surface area contributed by atoms with E-state index in [4.69, 9.17) is 0 Å². The van der Waals surface area contributed by atoms with Crippen molar-refractivity contribution in [3.05, 3.63) is 121 Å². The molecule has 0 aliphatic heterocycles. The van der Waals surface area contributed by atoms with E-state index in [0.29, 0.717) is 0 Å². The van der Waals surface area contributed by atoms with Crippen LogP contribution in [0.3, 0.4) is 0 Å². The van der Waals surface area contributed by atoms with Gasteiger partial charge in [-0.15, -0.1) is 0 Å². The first-order valence-corrected chi connectivity index (χ1v) is 14.7. The van der Waals surface area contributed by atoms with Crippen molar-refractivity contribution in [2.75, 3.05) is 0 Å². The molecule has 0 unspecified atom stereocenters. The third kappa shape index (κ3) is 6.85. The van der Waals surface area contributed by atoms with E-state index in [-0.39, 0.29) is 4.72 Å². The second-order valence-corrected chi connectivity index (χ2v) is 13.6. The molecule has 0 aliphatic carbocycles. The van der Waals surface area contributed by atoms with Gasteiger partial charge in [0.25, 0.3) is 0 Å². The molecule has 4 nitrogen and oxygen atoms in total. The molecular formula is C27H22F6NO3PS. The van der Waals surface area contributed by atoms with Crippen LogP contribution in [0.15, 0.2) is 121 Å². The zero-order valence-corrected chi connectivity index (χ0v) is 21.8. The van der Waals surface area contributed by atoms with Gasteiger partial charge in [0.05, 0.1) is 0 Å². The van der Waals surface area contributed by atoms with Crippen LogP contribution in [-0.4, -0.2) is 26.0 Å². The zero-order valence-electron chi connectivity index (χ0n) is 19.9. The number of carbonyl (C=O) groups is 1. The molecule has 0 spiro atoms.